The van der Waals surface area contributed by atoms with Crippen LogP contribution in [0.4, 0.5) is 0 Å². The molecule has 0 aromatic rings. The van der Waals surface area contributed by atoms with Gasteiger partial charge in [-0.1, -0.05) is 307 Å². The maximum atomic E-state index is 13.0. The van der Waals surface area contributed by atoms with Crippen molar-refractivity contribution in [3.8, 4) is 0 Å². The lowest BCUT2D eigenvalue weighted by Gasteiger charge is -2.25. The first-order valence-electron chi connectivity index (χ1n) is 32.4. The molecule has 0 fully saturated rings. The second-order valence-corrected chi connectivity index (χ2v) is 24.9. The number of phosphoric ester groups is 1. The molecule has 0 heterocycles. The molecule has 0 aromatic carbocycles. The number of allylic oxidation sites excluding steroid dienone is 5. The summed E-state index contributed by atoms with van der Waals surface area (Å²) in [5.41, 5.74) is 0. The minimum atomic E-state index is -4.36. The summed E-state index contributed by atoms with van der Waals surface area (Å²) in [4.78, 5) is 23.3. The topological polar surface area (TPSA) is 105 Å². The molecule has 438 valence electrons. The third kappa shape index (κ3) is 58.4. The van der Waals surface area contributed by atoms with E-state index in [9.17, 15) is 19.4 Å². The number of carbonyl (C=O) groups excluding carboxylic acids is 1. The summed E-state index contributed by atoms with van der Waals surface area (Å²) in [7, 11) is 1.56. The number of nitrogens with one attached hydrogen (secondary N) is 1. The number of quaternary nitrogens is 1. The standard InChI is InChI=1S/C65H127N2O6P/c1-6-8-10-12-14-16-18-20-22-24-26-28-29-30-31-32-33-34-35-36-37-39-40-42-44-46-48-50-52-54-56-58-64(68)63(62-73-74(70,71)72-61-60-67(3,4)5)66-65(69)59-57-55-53-51-49-47-45-43-41-38-27-25-23-21-19-17-15-13-11-9-7-2/h40,42,48,50,56,58,63-64,68H,6-39,41,43-47,49,51-55,57,59-62H2,1-5H3,(H-,66,69,70,71)/p+1/b42-40+,50-48+,58-56+. The smallest absolute Gasteiger partial charge is 0.387 e. The van der Waals surface area contributed by atoms with Gasteiger partial charge in [0.1, 0.15) is 13.2 Å². The Balaban J connectivity index is 4.16. The number of unbranched alkanes of at least 4 members (excludes halogenated alkanes) is 43. The Kier molecular flexibility index (Phi) is 55.5. The monoisotopic (exact) mass is 1060 g/mol. The maximum Gasteiger partial charge on any atom is 0.472 e. The number of aliphatic hydroxyl groups excluding tert-OH is 1. The lowest BCUT2D eigenvalue weighted by Crippen LogP contribution is -2.45. The van der Waals surface area contributed by atoms with Crippen LogP contribution >= 0.6 is 7.82 Å². The molecule has 9 heteroatoms. The van der Waals surface area contributed by atoms with Gasteiger partial charge in [-0.05, 0) is 44.9 Å². The van der Waals surface area contributed by atoms with Crippen molar-refractivity contribution in [3.05, 3.63) is 36.5 Å². The average molecular weight is 1060 g/mol. The van der Waals surface area contributed by atoms with Crippen LogP contribution in [0.2, 0.25) is 0 Å². The van der Waals surface area contributed by atoms with Gasteiger partial charge in [-0.25, -0.2) is 4.57 Å². The maximum absolute atomic E-state index is 13.0. The van der Waals surface area contributed by atoms with Crippen molar-refractivity contribution in [1.82, 2.24) is 5.32 Å². The van der Waals surface area contributed by atoms with Crippen LogP contribution in [-0.4, -0.2) is 73.4 Å². The number of rotatable bonds is 60. The molecule has 0 spiro atoms. The van der Waals surface area contributed by atoms with E-state index in [0.29, 0.717) is 17.4 Å². The average Bonchev–Trinajstić information content (AvgIpc) is 3.36. The Morgan fingerprint density at radius 2 is 0.743 bits per heavy atom. The normalized spacial score (nSPS) is 14.0. The van der Waals surface area contributed by atoms with Gasteiger partial charge in [-0.3, -0.25) is 13.8 Å². The predicted molar refractivity (Wildman–Crippen MR) is 323 cm³/mol. The highest BCUT2D eigenvalue weighted by atomic mass is 31.2. The van der Waals surface area contributed by atoms with Crippen LogP contribution in [-0.2, 0) is 18.4 Å². The number of likely N-dealkylation sites (N-methyl/N-ethyl adjacent to an activating group) is 1. The van der Waals surface area contributed by atoms with Crippen molar-refractivity contribution in [2.24, 2.45) is 0 Å². The fourth-order valence-corrected chi connectivity index (χ4v) is 10.5. The quantitative estimate of drug-likeness (QED) is 0.0243. The first-order valence-corrected chi connectivity index (χ1v) is 33.9. The highest BCUT2D eigenvalue weighted by Gasteiger charge is 2.27. The number of aliphatic hydroxyl groups is 1. The van der Waals surface area contributed by atoms with Crippen molar-refractivity contribution >= 4 is 13.7 Å². The van der Waals surface area contributed by atoms with E-state index in [1.807, 2.05) is 27.2 Å². The summed E-state index contributed by atoms with van der Waals surface area (Å²) in [5, 5.41) is 14.0. The molecule has 3 N–H and O–H groups in total. The second-order valence-electron chi connectivity index (χ2n) is 23.5. The van der Waals surface area contributed by atoms with Crippen molar-refractivity contribution < 1.29 is 32.9 Å². The summed E-state index contributed by atoms with van der Waals surface area (Å²) in [6.07, 6.45) is 74.3. The van der Waals surface area contributed by atoms with Crippen molar-refractivity contribution in [1.29, 1.82) is 0 Å². The molecule has 0 bridgehead atoms. The zero-order valence-corrected chi connectivity index (χ0v) is 51.0. The highest BCUT2D eigenvalue weighted by molar-refractivity contribution is 7.47. The number of amides is 1. The third-order valence-corrected chi connectivity index (χ3v) is 15.8. The number of phosphoric acid groups is 1. The van der Waals surface area contributed by atoms with Crippen LogP contribution in [0.15, 0.2) is 36.5 Å². The van der Waals surface area contributed by atoms with Gasteiger partial charge in [0.05, 0.1) is 39.9 Å². The van der Waals surface area contributed by atoms with Crippen LogP contribution in [0, 0.1) is 0 Å². The van der Waals surface area contributed by atoms with Gasteiger partial charge in [-0.2, -0.15) is 0 Å². The van der Waals surface area contributed by atoms with Gasteiger partial charge in [-0.15, -0.1) is 0 Å². The van der Waals surface area contributed by atoms with Crippen LogP contribution in [0.3, 0.4) is 0 Å². The molecular weight excluding hydrogens is 936 g/mol. The summed E-state index contributed by atoms with van der Waals surface area (Å²) in [6, 6.07) is -0.869. The molecule has 0 aliphatic rings. The van der Waals surface area contributed by atoms with Crippen molar-refractivity contribution in [2.45, 2.75) is 334 Å². The van der Waals surface area contributed by atoms with Crippen LogP contribution in [0.25, 0.3) is 0 Å². The molecule has 0 aliphatic heterocycles. The zero-order chi connectivity index (χ0) is 54.2. The van der Waals surface area contributed by atoms with Gasteiger partial charge >= 0.3 is 7.82 Å². The molecule has 0 rings (SSSR count). The van der Waals surface area contributed by atoms with Crippen LogP contribution in [0.1, 0.15) is 322 Å². The Morgan fingerprint density at radius 3 is 1.08 bits per heavy atom. The van der Waals surface area contributed by atoms with Gasteiger partial charge in [0, 0.05) is 6.42 Å². The lowest BCUT2D eigenvalue weighted by atomic mass is 10.0. The largest absolute Gasteiger partial charge is 0.472 e. The molecule has 0 radical (unpaired) electrons. The first kappa shape index (κ1) is 72.7. The molecular formula is C65H128N2O6P+. The molecule has 74 heavy (non-hydrogen) atoms. The van der Waals surface area contributed by atoms with Gasteiger partial charge in [0.2, 0.25) is 5.91 Å². The number of carbonyl (C=O) groups is 1. The molecule has 8 nitrogen and oxygen atoms in total. The summed E-state index contributed by atoms with van der Waals surface area (Å²) < 4.78 is 23.7. The van der Waals surface area contributed by atoms with E-state index in [-0.39, 0.29) is 19.1 Å². The minimum Gasteiger partial charge on any atom is -0.387 e. The van der Waals surface area contributed by atoms with Crippen LogP contribution in [0.5, 0.6) is 0 Å². The Labute approximate surface area is 461 Å². The fourth-order valence-electron chi connectivity index (χ4n) is 9.78. The molecule has 3 unspecified atom stereocenters. The summed E-state index contributed by atoms with van der Waals surface area (Å²) in [5.74, 6) is -0.185. The van der Waals surface area contributed by atoms with E-state index in [1.165, 1.54) is 257 Å². The van der Waals surface area contributed by atoms with Gasteiger partial charge in [0.25, 0.3) is 0 Å². The lowest BCUT2D eigenvalue weighted by molar-refractivity contribution is -0.870. The third-order valence-electron chi connectivity index (χ3n) is 14.8. The van der Waals surface area contributed by atoms with Crippen LogP contribution < -0.4 is 5.32 Å². The fraction of sp³-hybridized carbons (Fsp3) is 0.892. The van der Waals surface area contributed by atoms with Crippen molar-refractivity contribution in [2.75, 3.05) is 40.9 Å². The zero-order valence-electron chi connectivity index (χ0n) is 50.1. The first-order chi connectivity index (χ1) is 36.0. The van der Waals surface area contributed by atoms with Gasteiger partial charge in [0.15, 0.2) is 0 Å². The molecule has 0 aliphatic carbocycles. The minimum absolute atomic E-state index is 0.0553. The van der Waals surface area contributed by atoms with E-state index in [2.05, 4.69) is 43.5 Å². The Bertz CT molecular complexity index is 1300. The van der Waals surface area contributed by atoms with E-state index >= 15 is 0 Å². The SMILES string of the molecule is CCCCCCCCCCCCCCCCCCCCCCC/C=C/CC/C=C/CC/C=C/C(O)C(COP(=O)(O)OCC[N+](C)(C)C)NC(=O)CCCCCCCCCCCCCCCCCCCCCCC. The molecule has 0 saturated heterocycles. The van der Waals surface area contributed by atoms with Gasteiger partial charge < -0.3 is 19.8 Å². The predicted octanol–water partition coefficient (Wildman–Crippen LogP) is 20.1. The van der Waals surface area contributed by atoms with E-state index in [0.717, 1.165) is 44.9 Å². The summed E-state index contributed by atoms with van der Waals surface area (Å²) >= 11 is 0. The highest BCUT2D eigenvalue weighted by Crippen LogP contribution is 2.43. The second kappa shape index (κ2) is 56.4. The molecule has 3 atom stereocenters. The molecule has 0 saturated carbocycles. The van der Waals surface area contributed by atoms with E-state index in [1.54, 1.807) is 6.08 Å². The van der Waals surface area contributed by atoms with Crippen molar-refractivity contribution in [3.63, 3.8) is 0 Å². The van der Waals surface area contributed by atoms with E-state index < -0.39 is 20.0 Å². The van der Waals surface area contributed by atoms with E-state index in [4.69, 9.17) is 9.05 Å². The molecule has 0 aromatic heterocycles. The Morgan fingerprint density at radius 1 is 0.446 bits per heavy atom. The summed E-state index contributed by atoms with van der Waals surface area (Å²) in [6.45, 7) is 4.84. The number of hydrogen-bond donors (Lipinski definition) is 3. The Hall–Kier alpha value is -1.28. The number of nitrogens with zero attached hydrogens (tertiary/aromatic N) is 1. The molecule has 1 amide bonds. The number of hydrogen-bond acceptors (Lipinski definition) is 5.